The van der Waals surface area contributed by atoms with Crippen molar-refractivity contribution in [2.24, 2.45) is 0 Å². The van der Waals surface area contributed by atoms with E-state index in [1.807, 2.05) is 25.1 Å². The first-order valence-electron chi connectivity index (χ1n) is 7.95. The lowest BCUT2D eigenvalue weighted by molar-refractivity contribution is 0.627. The molecule has 3 aromatic rings. The maximum absolute atomic E-state index is 12.9. The number of hydrogen-bond donors (Lipinski definition) is 2. The zero-order chi connectivity index (χ0) is 17.6. The van der Waals surface area contributed by atoms with Gasteiger partial charge in [-0.3, -0.25) is 0 Å². The second-order valence-electron chi connectivity index (χ2n) is 5.65. The van der Waals surface area contributed by atoms with Gasteiger partial charge in [0.25, 0.3) is 0 Å². The number of hydrogen-bond acceptors (Lipinski definition) is 4. The van der Waals surface area contributed by atoms with Gasteiger partial charge < -0.3 is 10.6 Å². The third kappa shape index (κ3) is 4.90. The van der Waals surface area contributed by atoms with Gasteiger partial charge in [0.05, 0.1) is 0 Å². The summed E-state index contributed by atoms with van der Waals surface area (Å²) in [5.74, 6) is 1.01. The summed E-state index contributed by atoms with van der Waals surface area (Å²) in [7, 11) is 0. The fourth-order valence-corrected chi connectivity index (χ4v) is 2.62. The van der Waals surface area contributed by atoms with E-state index in [4.69, 9.17) is 11.6 Å². The van der Waals surface area contributed by atoms with Crippen molar-refractivity contribution in [2.45, 2.75) is 13.3 Å². The van der Waals surface area contributed by atoms with Gasteiger partial charge in [0, 0.05) is 23.5 Å². The van der Waals surface area contributed by atoms with E-state index in [-0.39, 0.29) is 5.82 Å². The van der Waals surface area contributed by atoms with Crippen LogP contribution in [-0.4, -0.2) is 16.5 Å². The van der Waals surface area contributed by atoms with Gasteiger partial charge in [-0.2, -0.15) is 4.98 Å². The highest BCUT2D eigenvalue weighted by atomic mass is 35.5. The van der Waals surface area contributed by atoms with Gasteiger partial charge in [-0.05, 0) is 60.9 Å². The van der Waals surface area contributed by atoms with Crippen LogP contribution in [0.2, 0.25) is 5.02 Å². The Labute approximate surface area is 151 Å². The van der Waals surface area contributed by atoms with Gasteiger partial charge in [0.1, 0.15) is 11.6 Å². The second kappa shape index (κ2) is 7.94. The van der Waals surface area contributed by atoms with Crippen LogP contribution in [0, 0.1) is 12.7 Å². The van der Waals surface area contributed by atoms with Crippen LogP contribution in [-0.2, 0) is 6.42 Å². The molecule has 0 atom stereocenters. The van der Waals surface area contributed by atoms with Gasteiger partial charge in [-0.25, -0.2) is 9.37 Å². The fraction of sp³-hybridized carbons (Fsp3) is 0.158. The smallest absolute Gasteiger partial charge is 0.224 e. The Hall–Kier alpha value is -2.66. The summed E-state index contributed by atoms with van der Waals surface area (Å²) in [5.41, 5.74) is 3.04. The highest BCUT2D eigenvalue weighted by Gasteiger charge is 2.03. The molecule has 0 aliphatic heterocycles. The molecule has 6 heteroatoms. The van der Waals surface area contributed by atoms with Crippen molar-refractivity contribution in [2.75, 3.05) is 17.2 Å². The van der Waals surface area contributed by atoms with Crippen LogP contribution in [0.1, 0.15) is 11.1 Å². The number of nitrogens with zero attached hydrogens (tertiary/aromatic N) is 2. The number of nitrogens with one attached hydrogen (secondary N) is 2. The van der Waals surface area contributed by atoms with Crippen molar-refractivity contribution in [1.82, 2.24) is 9.97 Å². The topological polar surface area (TPSA) is 49.8 Å². The summed E-state index contributed by atoms with van der Waals surface area (Å²) in [5, 5.41) is 7.15. The molecule has 0 fully saturated rings. The highest BCUT2D eigenvalue weighted by molar-refractivity contribution is 6.30. The first-order valence-corrected chi connectivity index (χ1v) is 8.32. The molecule has 1 heterocycles. The average molecular weight is 357 g/mol. The summed E-state index contributed by atoms with van der Waals surface area (Å²) in [6, 6.07) is 13.9. The summed E-state index contributed by atoms with van der Waals surface area (Å²) < 4.78 is 12.9. The third-order valence-corrected chi connectivity index (χ3v) is 3.95. The van der Waals surface area contributed by atoms with E-state index in [0.717, 1.165) is 23.2 Å². The molecule has 2 aromatic carbocycles. The maximum atomic E-state index is 12.9. The van der Waals surface area contributed by atoms with Crippen LogP contribution < -0.4 is 10.6 Å². The van der Waals surface area contributed by atoms with E-state index in [1.54, 1.807) is 24.4 Å². The molecule has 2 N–H and O–H groups in total. The number of halogens is 2. The summed E-state index contributed by atoms with van der Waals surface area (Å²) >= 11 is 5.98. The van der Waals surface area contributed by atoms with E-state index < -0.39 is 0 Å². The van der Waals surface area contributed by atoms with Crippen LogP contribution in [0.4, 0.5) is 21.8 Å². The molecule has 4 nitrogen and oxygen atoms in total. The fourth-order valence-electron chi connectivity index (χ4n) is 2.39. The summed E-state index contributed by atoms with van der Waals surface area (Å²) in [4.78, 5) is 8.67. The van der Waals surface area contributed by atoms with E-state index in [2.05, 4.69) is 20.6 Å². The molecule has 0 unspecified atom stereocenters. The van der Waals surface area contributed by atoms with E-state index in [9.17, 15) is 4.39 Å². The highest BCUT2D eigenvalue weighted by Crippen LogP contribution is 2.22. The van der Waals surface area contributed by atoms with Gasteiger partial charge in [0.15, 0.2) is 0 Å². The molecule has 3 rings (SSSR count). The van der Waals surface area contributed by atoms with Crippen molar-refractivity contribution in [3.05, 3.63) is 76.7 Å². The summed E-state index contributed by atoms with van der Waals surface area (Å²) in [6.45, 7) is 2.65. The van der Waals surface area contributed by atoms with Crippen LogP contribution >= 0.6 is 11.6 Å². The predicted molar refractivity (Wildman–Crippen MR) is 100 cm³/mol. The van der Waals surface area contributed by atoms with Crippen molar-refractivity contribution in [3.63, 3.8) is 0 Å². The molecule has 0 aliphatic rings. The molecule has 25 heavy (non-hydrogen) atoms. The lowest BCUT2D eigenvalue weighted by Gasteiger charge is -2.10. The van der Waals surface area contributed by atoms with Crippen molar-refractivity contribution in [3.8, 4) is 0 Å². The predicted octanol–water partition coefficient (Wildman–Crippen LogP) is 4.98. The zero-order valence-corrected chi connectivity index (χ0v) is 14.5. The molecule has 0 saturated carbocycles. The lowest BCUT2D eigenvalue weighted by Crippen LogP contribution is -2.08. The van der Waals surface area contributed by atoms with Crippen LogP contribution in [0.3, 0.4) is 0 Å². The van der Waals surface area contributed by atoms with Crippen molar-refractivity contribution < 1.29 is 4.39 Å². The van der Waals surface area contributed by atoms with Crippen molar-refractivity contribution >= 4 is 29.1 Å². The lowest BCUT2D eigenvalue weighted by atomic mass is 10.1. The van der Waals surface area contributed by atoms with Crippen LogP contribution in [0.15, 0.2) is 54.7 Å². The largest absolute Gasteiger partial charge is 0.354 e. The number of aryl methyl sites for hydroxylation is 1. The number of rotatable bonds is 6. The molecule has 1 aromatic heterocycles. The maximum Gasteiger partial charge on any atom is 0.224 e. The number of anilines is 3. The molecule has 128 valence electrons. The molecule has 0 aliphatic carbocycles. The number of benzene rings is 2. The molecule has 0 amide bonds. The Kier molecular flexibility index (Phi) is 5.46. The first kappa shape index (κ1) is 17.2. The Morgan fingerprint density at radius 2 is 1.88 bits per heavy atom. The second-order valence-corrected chi connectivity index (χ2v) is 6.09. The average Bonchev–Trinajstić information content (AvgIpc) is 2.60. The normalized spacial score (nSPS) is 10.5. The SMILES string of the molecule is Cc1cc(Cl)ccc1Nc1ccnc(NCCc2ccc(F)cc2)n1. The molecule has 0 spiro atoms. The molecule has 0 saturated heterocycles. The third-order valence-electron chi connectivity index (χ3n) is 3.72. The van der Waals surface area contributed by atoms with Gasteiger partial charge in [0.2, 0.25) is 5.95 Å². The molecular formula is C19H18ClFN4. The molecular weight excluding hydrogens is 339 g/mol. The van der Waals surface area contributed by atoms with E-state index in [1.165, 1.54) is 12.1 Å². The minimum Gasteiger partial charge on any atom is -0.354 e. The molecule has 0 bridgehead atoms. The Morgan fingerprint density at radius 1 is 1.08 bits per heavy atom. The monoisotopic (exact) mass is 356 g/mol. The van der Waals surface area contributed by atoms with Gasteiger partial charge in [-0.15, -0.1) is 0 Å². The van der Waals surface area contributed by atoms with Crippen LogP contribution in [0.5, 0.6) is 0 Å². The molecule has 0 radical (unpaired) electrons. The van der Waals surface area contributed by atoms with Crippen molar-refractivity contribution in [1.29, 1.82) is 0 Å². The van der Waals surface area contributed by atoms with E-state index in [0.29, 0.717) is 23.3 Å². The Morgan fingerprint density at radius 3 is 2.64 bits per heavy atom. The van der Waals surface area contributed by atoms with Gasteiger partial charge >= 0.3 is 0 Å². The van der Waals surface area contributed by atoms with E-state index >= 15 is 0 Å². The minimum atomic E-state index is -0.226. The Bertz CT molecular complexity index is 852. The Balaban J connectivity index is 1.60. The van der Waals surface area contributed by atoms with Crippen LogP contribution in [0.25, 0.3) is 0 Å². The van der Waals surface area contributed by atoms with Gasteiger partial charge in [-0.1, -0.05) is 23.7 Å². The summed E-state index contributed by atoms with van der Waals surface area (Å²) in [6.07, 6.45) is 2.46. The standard InChI is InChI=1S/C19H18ClFN4/c1-13-12-15(20)4-7-17(13)24-18-9-11-23-19(25-18)22-10-8-14-2-5-16(21)6-3-14/h2-7,9,11-12H,8,10H2,1H3,(H2,22,23,24,25). The quantitative estimate of drug-likeness (QED) is 0.654. The number of aromatic nitrogens is 2. The minimum absolute atomic E-state index is 0.226. The zero-order valence-electron chi connectivity index (χ0n) is 13.8. The first-order chi connectivity index (χ1) is 12.1.